The number of amides is 1. The van der Waals surface area contributed by atoms with E-state index in [1.807, 2.05) is 13.0 Å². The molecule has 0 spiro atoms. The van der Waals surface area contributed by atoms with E-state index in [1.165, 1.54) is 10.8 Å². The third kappa shape index (κ3) is 6.18. The van der Waals surface area contributed by atoms with Gasteiger partial charge in [-0.2, -0.15) is 13.2 Å². The molecule has 5 rings (SSSR count). The molecule has 3 heterocycles. The Balaban J connectivity index is 1.45. The summed E-state index contributed by atoms with van der Waals surface area (Å²) in [7, 11) is 1.65. The number of carbonyl (C=O) groups excluding carboxylic acids is 1. The molecule has 4 aromatic rings. The highest BCUT2D eigenvalue weighted by atomic mass is 19.4. The summed E-state index contributed by atoms with van der Waals surface area (Å²) in [5, 5.41) is 12.6. The molecule has 1 amide bonds. The molecule has 0 bridgehead atoms. The van der Waals surface area contributed by atoms with Crippen LogP contribution in [0.4, 0.5) is 27.6 Å². The van der Waals surface area contributed by atoms with E-state index in [1.54, 1.807) is 38.2 Å². The molecule has 13 heteroatoms. The van der Waals surface area contributed by atoms with Gasteiger partial charge in [0.1, 0.15) is 29.3 Å². The minimum absolute atomic E-state index is 0.0741. The largest absolute Gasteiger partial charge is 0.480 e. The quantitative estimate of drug-likeness (QED) is 0.246. The van der Waals surface area contributed by atoms with E-state index in [4.69, 9.17) is 0 Å². The van der Waals surface area contributed by atoms with Crippen molar-refractivity contribution in [3.05, 3.63) is 93.0 Å². The fourth-order valence-corrected chi connectivity index (χ4v) is 6.09. The number of fused-ring (bicyclic) bond motifs is 1. The second-order valence-electron chi connectivity index (χ2n) is 11.5. The Morgan fingerprint density at radius 1 is 1.09 bits per heavy atom. The molecule has 1 fully saturated rings. The zero-order valence-corrected chi connectivity index (χ0v) is 25.2. The Kier molecular flexibility index (Phi) is 8.87. The van der Waals surface area contributed by atoms with Crippen LogP contribution < -0.4 is 15.8 Å². The van der Waals surface area contributed by atoms with E-state index < -0.39 is 47.3 Å². The average Bonchev–Trinajstić information content (AvgIpc) is 2.99. The van der Waals surface area contributed by atoms with Gasteiger partial charge >= 0.3 is 12.1 Å². The highest BCUT2D eigenvalue weighted by molar-refractivity contribution is 5.99. The first-order valence-electron chi connectivity index (χ1n) is 14.6. The number of piperidine rings is 1. The Hall–Kier alpha value is -4.81. The van der Waals surface area contributed by atoms with Crippen LogP contribution >= 0.6 is 0 Å². The van der Waals surface area contributed by atoms with Crippen LogP contribution in [0, 0.1) is 25.5 Å². The first kappa shape index (κ1) is 32.6. The van der Waals surface area contributed by atoms with E-state index in [0.29, 0.717) is 52.6 Å². The maximum Gasteiger partial charge on any atom is 0.408 e. The van der Waals surface area contributed by atoms with Crippen molar-refractivity contribution >= 4 is 28.5 Å². The lowest BCUT2D eigenvalue weighted by Crippen LogP contribution is -2.49. The van der Waals surface area contributed by atoms with E-state index in [9.17, 15) is 32.7 Å². The third-order valence-electron chi connectivity index (χ3n) is 8.49. The molecule has 1 aliphatic heterocycles. The van der Waals surface area contributed by atoms with Crippen LogP contribution in [0.25, 0.3) is 22.0 Å². The number of halogens is 5. The monoisotopic (exact) mass is 642 g/mol. The second kappa shape index (κ2) is 12.5. The number of nitrogens with zero attached hydrogens (tertiary/aromatic N) is 3. The fourth-order valence-electron chi connectivity index (χ4n) is 6.09. The summed E-state index contributed by atoms with van der Waals surface area (Å²) < 4.78 is 72.6. The van der Waals surface area contributed by atoms with Crippen molar-refractivity contribution in [1.82, 2.24) is 14.9 Å². The normalized spacial score (nSPS) is 16.0. The molecule has 242 valence electrons. The van der Waals surface area contributed by atoms with Gasteiger partial charge in [-0.25, -0.2) is 13.6 Å². The van der Waals surface area contributed by atoms with Gasteiger partial charge in [0.05, 0.1) is 11.1 Å². The molecule has 1 aliphatic rings. The van der Waals surface area contributed by atoms with E-state index in [2.05, 4.69) is 10.3 Å². The Labute approximate surface area is 260 Å². The third-order valence-corrected chi connectivity index (χ3v) is 8.49. The van der Waals surface area contributed by atoms with Crippen molar-refractivity contribution in [2.24, 2.45) is 7.05 Å². The van der Waals surface area contributed by atoms with Crippen molar-refractivity contribution in [2.45, 2.75) is 57.8 Å². The number of carbonyl (C=O) groups is 2. The number of alkyl halides is 3. The minimum atomic E-state index is -4.62. The van der Waals surface area contributed by atoms with Crippen molar-refractivity contribution in [3.8, 4) is 11.1 Å². The lowest BCUT2D eigenvalue weighted by molar-refractivity contribution is -0.152. The van der Waals surface area contributed by atoms with Crippen molar-refractivity contribution in [1.29, 1.82) is 0 Å². The molecule has 2 aromatic heterocycles. The van der Waals surface area contributed by atoms with Gasteiger partial charge in [-0.1, -0.05) is 18.2 Å². The molecule has 0 unspecified atom stereocenters. The van der Waals surface area contributed by atoms with Gasteiger partial charge in [0, 0.05) is 48.5 Å². The number of pyridine rings is 2. The molecule has 0 radical (unpaired) electrons. The van der Waals surface area contributed by atoms with Crippen molar-refractivity contribution in [2.75, 3.05) is 11.4 Å². The summed E-state index contributed by atoms with van der Waals surface area (Å²) in [5.74, 6) is -5.70. The van der Waals surface area contributed by atoms with Gasteiger partial charge in [0.15, 0.2) is 0 Å². The molecule has 8 nitrogen and oxygen atoms in total. The number of benzene rings is 2. The number of anilines is 1. The molecular formula is C33H31F5N4O4. The summed E-state index contributed by atoms with van der Waals surface area (Å²) in [6.07, 6.45) is -2.94. The highest BCUT2D eigenvalue weighted by Crippen LogP contribution is 2.36. The maximum absolute atomic E-state index is 15.2. The number of carboxylic acid groups (broad SMARTS) is 1. The van der Waals surface area contributed by atoms with Gasteiger partial charge in [-0.05, 0) is 68.5 Å². The summed E-state index contributed by atoms with van der Waals surface area (Å²) in [6.45, 7) is 3.53. The van der Waals surface area contributed by atoms with Crippen LogP contribution in [0.5, 0.6) is 0 Å². The first-order valence-corrected chi connectivity index (χ1v) is 14.6. The predicted octanol–water partition coefficient (Wildman–Crippen LogP) is 5.84. The SMILES string of the molecule is Cc1cc(C)n(C)c(=O)c1-c1ccc(C[C@H](NC(=O)c2c(F)cc(N3CCCC[C@@H]3C(F)(F)F)cc2F)C(=O)O)c2cccnc12. The zero-order valence-electron chi connectivity index (χ0n) is 25.2. The lowest BCUT2D eigenvalue weighted by Gasteiger charge is -2.38. The topological polar surface area (TPSA) is 105 Å². The van der Waals surface area contributed by atoms with E-state index in [0.717, 1.165) is 16.2 Å². The van der Waals surface area contributed by atoms with Gasteiger partial charge < -0.3 is 19.9 Å². The van der Waals surface area contributed by atoms with Crippen LogP contribution in [-0.2, 0) is 18.3 Å². The number of aryl methyl sites for hydroxylation is 2. The summed E-state index contributed by atoms with van der Waals surface area (Å²) in [5.41, 5.74) is 1.58. The summed E-state index contributed by atoms with van der Waals surface area (Å²) in [4.78, 5) is 43.8. The molecule has 0 saturated carbocycles. The Morgan fingerprint density at radius 3 is 2.43 bits per heavy atom. The molecular weight excluding hydrogens is 611 g/mol. The predicted molar refractivity (Wildman–Crippen MR) is 162 cm³/mol. The van der Waals surface area contributed by atoms with Crippen LogP contribution in [0.1, 0.15) is 46.4 Å². The van der Waals surface area contributed by atoms with Gasteiger partial charge in [0.25, 0.3) is 11.5 Å². The molecule has 2 aromatic carbocycles. The number of aromatic nitrogens is 2. The van der Waals surface area contributed by atoms with Gasteiger partial charge in [-0.15, -0.1) is 0 Å². The van der Waals surface area contributed by atoms with Crippen LogP contribution in [0.15, 0.2) is 53.5 Å². The Morgan fingerprint density at radius 2 is 1.78 bits per heavy atom. The number of hydrogen-bond donors (Lipinski definition) is 2. The number of nitrogens with one attached hydrogen (secondary N) is 1. The standard InChI is InChI=1S/C33H31F5N4O4/c1-17-13-18(2)41(3)31(44)27(17)22-10-9-19(21-7-6-11-39-29(21)22)14-25(32(45)46)40-30(43)28-23(34)15-20(16-24(28)35)42-12-5-4-8-26(42)33(36,37)38/h6-7,9-11,13,15-16,25-26H,4-5,8,12,14H2,1-3H3,(H,40,43)(H,45,46)/t25-,26+/m0/s1. The number of carboxylic acids is 1. The first-order chi connectivity index (χ1) is 21.7. The number of rotatable bonds is 7. The van der Waals surface area contributed by atoms with Crippen molar-refractivity contribution < 1.29 is 36.6 Å². The Bertz CT molecular complexity index is 1880. The maximum atomic E-state index is 15.2. The summed E-state index contributed by atoms with van der Waals surface area (Å²) in [6, 6.07) is 6.16. The van der Waals surface area contributed by atoms with Crippen LogP contribution in [0.2, 0.25) is 0 Å². The van der Waals surface area contributed by atoms with Gasteiger partial charge in [0.2, 0.25) is 0 Å². The fraction of sp³-hybridized carbons (Fsp3) is 0.333. The molecule has 2 N–H and O–H groups in total. The van der Waals surface area contributed by atoms with E-state index in [-0.39, 0.29) is 30.6 Å². The molecule has 0 aliphatic carbocycles. The van der Waals surface area contributed by atoms with Crippen LogP contribution in [0.3, 0.4) is 0 Å². The van der Waals surface area contributed by atoms with Crippen molar-refractivity contribution in [3.63, 3.8) is 0 Å². The lowest BCUT2D eigenvalue weighted by atomic mass is 9.93. The zero-order chi connectivity index (χ0) is 33.5. The highest BCUT2D eigenvalue weighted by Gasteiger charge is 2.45. The molecule has 2 atom stereocenters. The van der Waals surface area contributed by atoms with Gasteiger partial charge in [-0.3, -0.25) is 14.6 Å². The number of aliphatic carboxylic acids is 1. The number of hydrogen-bond acceptors (Lipinski definition) is 5. The van der Waals surface area contributed by atoms with E-state index >= 15 is 8.78 Å². The summed E-state index contributed by atoms with van der Waals surface area (Å²) >= 11 is 0. The smallest absolute Gasteiger partial charge is 0.408 e. The minimum Gasteiger partial charge on any atom is -0.480 e. The molecule has 1 saturated heterocycles. The molecule has 46 heavy (non-hydrogen) atoms. The second-order valence-corrected chi connectivity index (χ2v) is 11.5. The van der Waals surface area contributed by atoms with Crippen LogP contribution in [-0.4, -0.2) is 51.3 Å². The average molecular weight is 643 g/mol.